The van der Waals surface area contributed by atoms with Crippen LogP contribution in [0.4, 0.5) is 0 Å². The highest BCUT2D eigenvalue weighted by Gasteiger charge is 2.20. The summed E-state index contributed by atoms with van der Waals surface area (Å²) in [6.07, 6.45) is 2.96. The summed E-state index contributed by atoms with van der Waals surface area (Å²) in [7, 11) is 0. The van der Waals surface area contributed by atoms with Gasteiger partial charge in [0.15, 0.2) is 0 Å². The first kappa shape index (κ1) is 11.6. The Balaban J connectivity index is 2.13. The van der Waals surface area contributed by atoms with Gasteiger partial charge in [-0.15, -0.1) is 0 Å². The van der Waals surface area contributed by atoms with Crippen LogP contribution < -0.4 is 11.1 Å². The van der Waals surface area contributed by atoms with Crippen molar-refractivity contribution in [3.8, 4) is 0 Å². The van der Waals surface area contributed by atoms with E-state index in [2.05, 4.69) is 9.88 Å². The van der Waals surface area contributed by atoms with E-state index in [9.17, 15) is 4.79 Å². The molecule has 1 saturated heterocycles. The third-order valence-corrected chi connectivity index (χ3v) is 3.78. The molecule has 3 rings (SSSR count). The van der Waals surface area contributed by atoms with Crippen LogP contribution in [0, 0.1) is 0 Å². The second kappa shape index (κ2) is 4.30. The fourth-order valence-electron chi connectivity index (χ4n) is 2.39. The highest BCUT2D eigenvalue weighted by atomic mass is 35.5. The minimum atomic E-state index is -0.437. The van der Waals surface area contributed by atoms with Crippen molar-refractivity contribution < 1.29 is 4.79 Å². The van der Waals surface area contributed by atoms with Gasteiger partial charge in [-0.1, -0.05) is 17.7 Å². The lowest BCUT2D eigenvalue weighted by Crippen LogP contribution is -2.45. The molecular weight excluding hydrogens is 250 g/mol. The molecule has 18 heavy (non-hydrogen) atoms. The van der Waals surface area contributed by atoms with Crippen molar-refractivity contribution in [3.05, 3.63) is 35.0 Å². The molecule has 0 aliphatic carbocycles. The maximum Gasteiger partial charge on any atom is 0.250 e. The Morgan fingerprint density at radius 2 is 2.33 bits per heavy atom. The number of carbonyl (C=O) groups is 1. The van der Waals surface area contributed by atoms with Gasteiger partial charge >= 0.3 is 0 Å². The number of primary amides is 1. The van der Waals surface area contributed by atoms with Crippen molar-refractivity contribution in [1.29, 1.82) is 0 Å². The van der Waals surface area contributed by atoms with E-state index in [1.807, 2.05) is 12.1 Å². The van der Waals surface area contributed by atoms with Crippen LogP contribution in [-0.4, -0.2) is 23.1 Å². The van der Waals surface area contributed by atoms with Crippen molar-refractivity contribution in [1.82, 2.24) is 9.88 Å². The van der Waals surface area contributed by atoms with Gasteiger partial charge in [-0.3, -0.25) is 4.79 Å². The normalized spacial score (nSPS) is 18.8. The third kappa shape index (κ3) is 1.78. The zero-order chi connectivity index (χ0) is 12.7. The van der Waals surface area contributed by atoms with E-state index in [4.69, 9.17) is 17.3 Å². The first-order chi connectivity index (χ1) is 8.66. The van der Waals surface area contributed by atoms with Gasteiger partial charge < -0.3 is 15.6 Å². The predicted molar refractivity (Wildman–Crippen MR) is 71.9 cm³/mol. The fourth-order valence-corrected chi connectivity index (χ4v) is 2.66. The Kier molecular flexibility index (Phi) is 2.76. The number of nitrogens with zero attached hydrogens (tertiary/aromatic N) is 1. The van der Waals surface area contributed by atoms with E-state index in [-0.39, 0.29) is 0 Å². The monoisotopic (exact) mass is 263 g/mol. The zero-order valence-electron chi connectivity index (χ0n) is 9.82. The molecule has 1 atom stereocenters. The molecule has 2 aromatic rings. The summed E-state index contributed by atoms with van der Waals surface area (Å²) in [6.45, 7) is 1.90. The number of nitrogens with one attached hydrogen (secondary N) is 1. The molecule has 1 amide bonds. The van der Waals surface area contributed by atoms with Crippen molar-refractivity contribution in [3.63, 3.8) is 0 Å². The summed E-state index contributed by atoms with van der Waals surface area (Å²) in [5.41, 5.74) is 6.87. The number of nitrogens with two attached hydrogens (primary N) is 1. The van der Waals surface area contributed by atoms with Crippen LogP contribution >= 0.6 is 11.6 Å². The lowest BCUT2D eigenvalue weighted by atomic mass is 10.1. The van der Waals surface area contributed by atoms with E-state index in [1.165, 1.54) is 0 Å². The molecule has 0 radical (unpaired) electrons. The van der Waals surface area contributed by atoms with Gasteiger partial charge in [0.25, 0.3) is 5.91 Å². The van der Waals surface area contributed by atoms with E-state index in [0.717, 1.165) is 30.4 Å². The van der Waals surface area contributed by atoms with Gasteiger partial charge in [-0.25, -0.2) is 0 Å². The Morgan fingerprint density at radius 3 is 2.94 bits per heavy atom. The predicted octanol–water partition coefficient (Wildman–Crippen LogP) is 1.76. The molecule has 1 aliphatic rings. The minimum absolute atomic E-state index is 0.437. The van der Waals surface area contributed by atoms with Gasteiger partial charge in [0.1, 0.15) is 0 Å². The van der Waals surface area contributed by atoms with Gasteiger partial charge in [0.05, 0.1) is 16.1 Å². The number of hydrogen-bond donors (Lipinski definition) is 2. The van der Waals surface area contributed by atoms with Crippen LogP contribution in [0.5, 0.6) is 0 Å². The van der Waals surface area contributed by atoms with Crippen LogP contribution in [0.3, 0.4) is 0 Å². The van der Waals surface area contributed by atoms with Crippen molar-refractivity contribution in [2.75, 3.05) is 6.54 Å². The molecule has 1 aromatic carbocycles. The summed E-state index contributed by atoms with van der Waals surface area (Å²) < 4.78 is 2.05. The number of amides is 1. The molecule has 1 aromatic heterocycles. The van der Waals surface area contributed by atoms with E-state index in [0.29, 0.717) is 16.6 Å². The van der Waals surface area contributed by atoms with Crippen LogP contribution in [0.1, 0.15) is 16.8 Å². The molecule has 0 bridgehead atoms. The topological polar surface area (TPSA) is 60.1 Å². The highest BCUT2D eigenvalue weighted by molar-refractivity contribution is 6.36. The Bertz CT molecular complexity index is 616. The van der Waals surface area contributed by atoms with Gasteiger partial charge in [0, 0.05) is 24.2 Å². The number of hydrogen-bond acceptors (Lipinski definition) is 2. The molecule has 3 N–H and O–H groups in total. The number of rotatable bonds is 3. The first-order valence-electron chi connectivity index (χ1n) is 5.97. The number of halogens is 1. The standard InChI is InChI=1S/C13H14ClN3O/c14-10-2-1-3-11-12(10)9(13(15)18)7-17(11)6-8-4-5-16-8/h1-3,7-8,16H,4-6H2,(H2,15,18). The molecule has 94 valence electrons. The van der Waals surface area contributed by atoms with Crippen LogP contribution in [0.25, 0.3) is 10.9 Å². The third-order valence-electron chi connectivity index (χ3n) is 3.46. The second-order valence-corrected chi connectivity index (χ2v) is 5.04. The zero-order valence-corrected chi connectivity index (χ0v) is 10.6. The summed E-state index contributed by atoms with van der Waals surface area (Å²) in [5, 5.41) is 4.67. The largest absolute Gasteiger partial charge is 0.366 e. The number of benzene rings is 1. The van der Waals surface area contributed by atoms with Crippen LogP contribution in [0.2, 0.25) is 5.02 Å². The molecule has 4 nitrogen and oxygen atoms in total. The van der Waals surface area contributed by atoms with Crippen LogP contribution in [0.15, 0.2) is 24.4 Å². The lowest BCUT2D eigenvalue weighted by Gasteiger charge is -2.28. The summed E-state index contributed by atoms with van der Waals surface area (Å²) in [6, 6.07) is 6.11. The summed E-state index contributed by atoms with van der Waals surface area (Å²) in [5.74, 6) is -0.437. The molecule has 0 spiro atoms. The Labute approximate surface area is 110 Å². The molecule has 5 heteroatoms. The molecule has 2 heterocycles. The van der Waals surface area contributed by atoms with E-state index >= 15 is 0 Å². The van der Waals surface area contributed by atoms with Crippen molar-refractivity contribution in [2.45, 2.75) is 19.0 Å². The SMILES string of the molecule is NC(=O)c1cn(CC2CCN2)c2cccc(Cl)c12. The highest BCUT2D eigenvalue weighted by Crippen LogP contribution is 2.29. The maximum atomic E-state index is 11.5. The molecule has 1 aliphatic heterocycles. The number of carbonyl (C=O) groups excluding carboxylic acids is 1. The van der Waals surface area contributed by atoms with Gasteiger partial charge in [-0.05, 0) is 25.1 Å². The molecule has 0 saturated carbocycles. The number of aromatic nitrogens is 1. The summed E-state index contributed by atoms with van der Waals surface area (Å²) >= 11 is 6.17. The average molecular weight is 264 g/mol. The van der Waals surface area contributed by atoms with Crippen molar-refractivity contribution in [2.24, 2.45) is 5.73 Å². The average Bonchev–Trinajstić information content (AvgIpc) is 2.64. The van der Waals surface area contributed by atoms with Crippen molar-refractivity contribution >= 4 is 28.4 Å². The Morgan fingerprint density at radius 1 is 1.56 bits per heavy atom. The first-order valence-corrected chi connectivity index (χ1v) is 6.35. The molecule has 1 unspecified atom stereocenters. The maximum absolute atomic E-state index is 11.5. The minimum Gasteiger partial charge on any atom is -0.366 e. The van der Waals surface area contributed by atoms with Gasteiger partial charge in [-0.2, -0.15) is 0 Å². The fraction of sp³-hybridized carbons (Fsp3) is 0.308. The van der Waals surface area contributed by atoms with Gasteiger partial charge in [0.2, 0.25) is 0 Å². The summed E-state index contributed by atoms with van der Waals surface area (Å²) in [4.78, 5) is 11.5. The van der Waals surface area contributed by atoms with Crippen LogP contribution in [-0.2, 0) is 6.54 Å². The van der Waals surface area contributed by atoms with E-state index < -0.39 is 5.91 Å². The lowest BCUT2D eigenvalue weighted by molar-refractivity contribution is 0.100. The Hall–Kier alpha value is -1.52. The second-order valence-electron chi connectivity index (χ2n) is 4.63. The quantitative estimate of drug-likeness (QED) is 0.886. The smallest absolute Gasteiger partial charge is 0.250 e. The molecular formula is C13H14ClN3O. The van der Waals surface area contributed by atoms with E-state index in [1.54, 1.807) is 12.3 Å². The number of fused-ring (bicyclic) bond motifs is 1. The molecule has 1 fully saturated rings.